The Morgan fingerprint density at radius 1 is 1.14 bits per heavy atom. The van der Waals surface area contributed by atoms with E-state index in [0.29, 0.717) is 24.0 Å². The lowest BCUT2D eigenvalue weighted by Crippen LogP contribution is -2.49. The van der Waals surface area contributed by atoms with Gasteiger partial charge in [0.25, 0.3) is 0 Å². The van der Waals surface area contributed by atoms with Gasteiger partial charge in [-0.1, -0.05) is 31.1 Å². The highest BCUT2D eigenvalue weighted by Gasteiger charge is 2.59. The first-order valence-corrected chi connectivity index (χ1v) is 8.95. The number of allylic oxidation sites excluding steroid dienone is 4. The number of hydrogen-bond donors (Lipinski definition) is 1. The predicted molar refractivity (Wildman–Crippen MR) is 87.3 cm³/mol. The zero-order valence-electron chi connectivity index (χ0n) is 14.1. The van der Waals surface area contributed by atoms with Crippen LogP contribution in [0.2, 0.25) is 0 Å². The molecule has 2 fully saturated rings. The van der Waals surface area contributed by atoms with Crippen molar-refractivity contribution >= 4 is 5.78 Å². The third-order valence-electron chi connectivity index (χ3n) is 7.90. The summed E-state index contributed by atoms with van der Waals surface area (Å²) in [6.07, 6.45) is 11.4. The van der Waals surface area contributed by atoms with E-state index in [1.807, 2.05) is 13.0 Å². The largest absolute Gasteiger partial charge is 0.390 e. The summed E-state index contributed by atoms with van der Waals surface area (Å²) in [5.74, 6) is 1.54. The van der Waals surface area contributed by atoms with E-state index in [1.165, 1.54) is 5.57 Å². The van der Waals surface area contributed by atoms with Crippen LogP contribution in [0.5, 0.6) is 0 Å². The Hall–Kier alpha value is -0.890. The molecule has 2 heteroatoms. The summed E-state index contributed by atoms with van der Waals surface area (Å²) in [6, 6.07) is 0. The van der Waals surface area contributed by atoms with Crippen LogP contribution in [0.25, 0.3) is 0 Å². The Balaban J connectivity index is 1.77. The fourth-order valence-electron chi connectivity index (χ4n) is 6.09. The van der Waals surface area contributed by atoms with Crippen LogP contribution < -0.4 is 0 Å². The monoisotopic (exact) mass is 300 g/mol. The molecule has 1 N–H and O–H groups in total. The number of carbonyl (C=O) groups excluding carboxylic acids is 1. The zero-order valence-corrected chi connectivity index (χ0v) is 14.1. The highest BCUT2D eigenvalue weighted by Crippen LogP contribution is 2.65. The van der Waals surface area contributed by atoms with Gasteiger partial charge in [0, 0.05) is 17.3 Å². The third-order valence-corrected chi connectivity index (χ3v) is 7.90. The average molecular weight is 300 g/mol. The minimum atomic E-state index is -0.529. The highest BCUT2D eigenvalue weighted by molar-refractivity contribution is 5.92. The number of fused-ring (bicyclic) bond motifs is 5. The fourth-order valence-corrected chi connectivity index (χ4v) is 6.09. The third kappa shape index (κ3) is 1.68. The van der Waals surface area contributed by atoms with Crippen LogP contribution >= 0.6 is 0 Å². The molecule has 120 valence electrons. The van der Waals surface area contributed by atoms with Crippen LogP contribution in [0.15, 0.2) is 23.3 Å². The molecule has 0 unspecified atom stereocenters. The lowest BCUT2D eigenvalue weighted by atomic mass is 9.51. The average Bonchev–Trinajstić information content (AvgIpc) is 2.70. The summed E-state index contributed by atoms with van der Waals surface area (Å²) >= 11 is 0. The molecule has 0 aromatic carbocycles. The van der Waals surface area contributed by atoms with Gasteiger partial charge in [0.2, 0.25) is 0 Å². The zero-order chi connectivity index (χ0) is 15.8. The van der Waals surface area contributed by atoms with Gasteiger partial charge in [-0.25, -0.2) is 0 Å². The van der Waals surface area contributed by atoms with Crippen LogP contribution in [-0.2, 0) is 4.79 Å². The van der Waals surface area contributed by atoms with Crippen LogP contribution in [0.1, 0.15) is 65.7 Å². The summed E-state index contributed by atoms with van der Waals surface area (Å²) in [6.45, 7) is 6.70. The predicted octanol–water partition coefficient (Wildman–Crippen LogP) is 4.19. The Morgan fingerprint density at radius 2 is 1.91 bits per heavy atom. The first-order valence-electron chi connectivity index (χ1n) is 8.95. The first-order chi connectivity index (χ1) is 10.3. The summed E-state index contributed by atoms with van der Waals surface area (Å²) in [4.78, 5) is 11.8. The summed E-state index contributed by atoms with van der Waals surface area (Å²) in [5.41, 5.74) is 2.59. The van der Waals surface area contributed by atoms with E-state index in [2.05, 4.69) is 19.9 Å². The van der Waals surface area contributed by atoms with Gasteiger partial charge in [0.1, 0.15) is 0 Å². The molecule has 2 saturated carbocycles. The number of aliphatic hydroxyl groups is 1. The molecule has 0 amide bonds. The van der Waals surface area contributed by atoms with Gasteiger partial charge >= 0.3 is 0 Å². The van der Waals surface area contributed by atoms with Gasteiger partial charge in [-0.15, -0.1) is 0 Å². The molecular weight excluding hydrogens is 272 g/mol. The molecule has 0 aliphatic heterocycles. The van der Waals surface area contributed by atoms with Crippen molar-refractivity contribution in [2.75, 3.05) is 0 Å². The maximum Gasteiger partial charge on any atom is 0.155 e. The van der Waals surface area contributed by atoms with Gasteiger partial charge in [0.05, 0.1) is 5.60 Å². The number of rotatable bonds is 0. The van der Waals surface area contributed by atoms with Gasteiger partial charge in [0.15, 0.2) is 5.78 Å². The Kier molecular flexibility index (Phi) is 2.90. The van der Waals surface area contributed by atoms with Gasteiger partial charge in [-0.05, 0) is 63.4 Å². The van der Waals surface area contributed by atoms with Gasteiger partial charge in [-0.2, -0.15) is 0 Å². The summed E-state index contributed by atoms with van der Waals surface area (Å²) < 4.78 is 0. The van der Waals surface area contributed by atoms with E-state index in [4.69, 9.17) is 0 Å². The molecule has 4 aliphatic rings. The SMILES string of the molecule is C[C@]12CCC(=O)C=C1CC[C@@H]1C2=CC[C@]2(C)[C@H]1CC[C@]2(C)O. The van der Waals surface area contributed by atoms with E-state index >= 15 is 0 Å². The second-order valence-corrected chi connectivity index (χ2v) is 8.81. The Labute approximate surface area is 133 Å². The van der Waals surface area contributed by atoms with Crippen LogP contribution in [0.3, 0.4) is 0 Å². The van der Waals surface area contributed by atoms with Crippen molar-refractivity contribution in [3.63, 3.8) is 0 Å². The lowest BCUT2D eigenvalue weighted by molar-refractivity contribution is -0.115. The van der Waals surface area contributed by atoms with E-state index in [9.17, 15) is 9.90 Å². The normalized spacial score (nSPS) is 50.6. The quantitative estimate of drug-likeness (QED) is 0.681. The van der Waals surface area contributed by atoms with Crippen LogP contribution in [0.4, 0.5) is 0 Å². The molecule has 0 aromatic rings. The van der Waals surface area contributed by atoms with Gasteiger partial charge < -0.3 is 5.11 Å². The van der Waals surface area contributed by atoms with E-state index in [-0.39, 0.29) is 10.8 Å². The fraction of sp³-hybridized carbons (Fsp3) is 0.750. The minimum Gasteiger partial charge on any atom is -0.390 e. The molecule has 0 spiro atoms. The van der Waals surface area contributed by atoms with Crippen molar-refractivity contribution in [3.05, 3.63) is 23.3 Å². The molecule has 5 atom stereocenters. The molecule has 22 heavy (non-hydrogen) atoms. The molecule has 0 bridgehead atoms. The number of ketones is 1. The van der Waals surface area contributed by atoms with Crippen molar-refractivity contribution in [2.24, 2.45) is 22.7 Å². The molecule has 2 nitrogen and oxygen atoms in total. The highest BCUT2D eigenvalue weighted by atomic mass is 16.3. The van der Waals surface area contributed by atoms with E-state index < -0.39 is 5.60 Å². The molecule has 0 aromatic heterocycles. The van der Waals surface area contributed by atoms with Crippen molar-refractivity contribution in [1.82, 2.24) is 0 Å². The molecule has 0 heterocycles. The van der Waals surface area contributed by atoms with E-state index in [1.54, 1.807) is 5.57 Å². The van der Waals surface area contributed by atoms with Gasteiger partial charge in [-0.3, -0.25) is 4.79 Å². The molecular formula is C20H28O2. The lowest BCUT2D eigenvalue weighted by Gasteiger charge is -2.54. The van der Waals surface area contributed by atoms with Crippen molar-refractivity contribution < 1.29 is 9.90 Å². The number of carbonyl (C=O) groups is 1. The summed E-state index contributed by atoms with van der Waals surface area (Å²) in [7, 11) is 0. The van der Waals surface area contributed by atoms with Crippen molar-refractivity contribution in [2.45, 2.75) is 71.3 Å². The molecule has 4 rings (SSSR count). The van der Waals surface area contributed by atoms with E-state index in [0.717, 1.165) is 38.5 Å². The molecule has 4 aliphatic carbocycles. The standard InChI is InChI=1S/C20H28O2/c1-18-9-6-14(21)12-13(18)4-5-15-16(18)7-10-19(2)17(15)8-11-20(19,3)22/h7,12,15,17,22H,4-6,8-11H2,1-3H3/t15-,17+,18+,19-,20+/m1/s1. The molecule has 0 radical (unpaired) electrons. The second-order valence-electron chi connectivity index (χ2n) is 8.81. The number of hydrogen-bond acceptors (Lipinski definition) is 2. The first kappa shape index (κ1) is 14.7. The van der Waals surface area contributed by atoms with Crippen molar-refractivity contribution in [1.29, 1.82) is 0 Å². The smallest absolute Gasteiger partial charge is 0.155 e. The topological polar surface area (TPSA) is 37.3 Å². The van der Waals surface area contributed by atoms with Crippen LogP contribution in [-0.4, -0.2) is 16.5 Å². The minimum absolute atomic E-state index is 0.0310. The Morgan fingerprint density at radius 3 is 2.68 bits per heavy atom. The Bertz CT molecular complexity index is 597. The maximum atomic E-state index is 11.8. The second kappa shape index (κ2) is 4.35. The van der Waals surface area contributed by atoms with Crippen LogP contribution in [0, 0.1) is 22.7 Å². The van der Waals surface area contributed by atoms with Crippen molar-refractivity contribution in [3.8, 4) is 0 Å². The molecule has 0 saturated heterocycles. The summed E-state index contributed by atoms with van der Waals surface area (Å²) in [5, 5.41) is 10.9. The maximum absolute atomic E-state index is 11.8.